The Bertz CT molecular complexity index is 1920. The number of nitro benzene ring substituents is 1. The van der Waals surface area contributed by atoms with Crippen molar-refractivity contribution in [2.24, 2.45) is 0 Å². The molecule has 0 radical (unpaired) electrons. The number of hydrogen-bond donors (Lipinski definition) is 1. The molecule has 0 aliphatic carbocycles. The van der Waals surface area contributed by atoms with E-state index < -0.39 is 16.7 Å². The molecule has 1 N–H and O–H groups in total. The van der Waals surface area contributed by atoms with Crippen LogP contribution in [0.15, 0.2) is 121 Å². The maximum absolute atomic E-state index is 13.8. The highest BCUT2D eigenvalue weighted by atomic mass is 35.5. The number of carbonyl (C=O) groups is 2. The predicted octanol–water partition coefficient (Wildman–Crippen LogP) is 7.20. The van der Waals surface area contributed by atoms with Crippen LogP contribution in [0.1, 0.15) is 5.56 Å². The Morgan fingerprint density at radius 2 is 1.37 bits per heavy atom. The van der Waals surface area contributed by atoms with Gasteiger partial charge in [0.05, 0.1) is 22.0 Å². The number of nitrogens with one attached hydrogen (secondary N) is 1. The minimum Gasteiger partial charge on any atom is -0.309 e. The number of non-ortho nitro benzene ring substituents is 1. The molecule has 6 rings (SSSR count). The molecule has 1 aliphatic rings. The lowest BCUT2D eigenvalue weighted by molar-refractivity contribution is -0.384. The number of halogens is 1. The molecule has 1 aromatic heterocycles. The van der Waals surface area contributed by atoms with Crippen LogP contribution in [0.4, 0.5) is 11.4 Å². The fourth-order valence-electron chi connectivity index (χ4n) is 4.98. The molecule has 43 heavy (non-hydrogen) atoms. The molecule has 5 aromatic rings. The number of amides is 2. The number of nitro groups is 1. The Labute approximate surface area is 256 Å². The van der Waals surface area contributed by atoms with Crippen molar-refractivity contribution in [3.05, 3.63) is 142 Å². The maximum atomic E-state index is 13.8. The topological polar surface area (TPSA) is 97.5 Å². The molecule has 8 nitrogen and oxygen atoms in total. The monoisotopic (exact) mass is 604 g/mol. The lowest BCUT2D eigenvalue weighted by atomic mass is 10.0. The number of rotatable bonds is 6. The summed E-state index contributed by atoms with van der Waals surface area (Å²) < 4.78 is 1.97. The van der Waals surface area contributed by atoms with Crippen molar-refractivity contribution in [3.8, 4) is 28.2 Å². The van der Waals surface area contributed by atoms with Crippen molar-refractivity contribution in [2.75, 3.05) is 4.90 Å². The van der Waals surface area contributed by atoms with Crippen LogP contribution in [0.25, 0.3) is 34.3 Å². The summed E-state index contributed by atoms with van der Waals surface area (Å²) in [6, 6.07) is 33.8. The minimum absolute atomic E-state index is 0.0359. The van der Waals surface area contributed by atoms with Gasteiger partial charge in [0.2, 0.25) is 0 Å². The van der Waals surface area contributed by atoms with Gasteiger partial charge in [-0.2, -0.15) is 0 Å². The van der Waals surface area contributed by atoms with E-state index in [1.54, 1.807) is 42.5 Å². The number of anilines is 1. The fourth-order valence-corrected chi connectivity index (χ4v) is 5.39. The van der Waals surface area contributed by atoms with Crippen LogP contribution in [0.3, 0.4) is 0 Å². The highest BCUT2D eigenvalue weighted by molar-refractivity contribution is 7.80. The van der Waals surface area contributed by atoms with E-state index in [0.29, 0.717) is 27.7 Å². The summed E-state index contributed by atoms with van der Waals surface area (Å²) in [5, 5.41) is 14.5. The molecule has 0 bridgehead atoms. The highest BCUT2D eigenvalue weighted by Gasteiger charge is 2.35. The molecule has 0 spiro atoms. The number of aromatic nitrogens is 1. The van der Waals surface area contributed by atoms with E-state index >= 15 is 0 Å². The van der Waals surface area contributed by atoms with Gasteiger partial charge in [0.25, 0.3) is 17.5 Å². The lowest BCUT2D eigenvalue weighted by Gasteiger charge is -2.29. The lowest BCUT2D eigenvalue weighted by Crippen LogP contribution is -2.54. The molecule has 0 saturated carbocycles. The van der Waals surface area contributed by atoms with Gasteiger partial charge in [-0.1, -0.05) is 72.3 Å². The first-order valence-electron chi connectivity index (χ1n) is 13.1. The van der Waals surface area contributed by atoms with E-state index in [0.717, 1.165) is 16.8 Å². The van der Waals surface area contributed by atoms with Crippen LogP contribution in [0, 0.1) is 10.1 Å². The number of thiocarbonyl (C=S) groups is 1. The number of nitrogens with zero attached hydrogens (tertiary/aromatic N) is 3. The third-order valence-electron chi connectivity index (χ3n) is 6.95. The molecule has 0 atom stereocenters. The molecule has 1 saturated heterocycles. The van der Waals surface area contributed by atoms with Crippen molar-refractivity contribution in [1.82, 2.24) is 9.88 Å². The molecule has 210 valence electrons. The van der Waals surface area contributed by atoms with E-state index in [9.17, 15) is 19.7 Å². The first-order valence-corrected chi connectivity index (χ1v) is 13.9. The first kappa shape index (κ1) is 27.8. The molecular weight excluding hydrogens is 584 g/mol. The number of carbonyl (C=O) groups excluding carboxylic acids is 2. The molecule has 1 fully saturated rings. The standard InChI is InChI=1S/C33H21ClN4O4S/c34-24-11-13-26(14-12-24)37-32(40)28(31(39)35-33(37)43)19-23-20-29(21-7-3-1-4-8-21)36(30(23)22-9-5-2-6-10-22)25-15-17-27(18-16-25)38(41)42/h1-20H,(H,35,39,43). The van der Waals surface area contributed by atoms with Crippen molar-refractivity contribution >= 4 is 58.2 Å². The van der Waals surface area contributed by atoms with Crippen LogP contribution in [-0.2, 0) is 9.59 Å². The average Bonchev–Trinajstić information content (AvgIpc) is 3.40. The van der Waals surface area contributed by atoms with E-state index in [2.05, 4.69) is 5.32 Å². The molecular formula is C33H21ClN4O4S. The van der Waals surface area contributed by atoms with Crippen LogP contribution in [-0.4, -0.2) is 26.4 Å². The van der Waals surface area contributed by atoms with Gasteiger partial charge >= 0.3 is 0 Å². The normalized spacial score (nSPS) is 14.2. The van der Waals surface area contributed by atoms with Crippen molar-refractivity contribution in [2.45, 2.75) is 0 Å². The summed E-state index contributed by atoms with van der Waals surface area (Å²) in [6.07, 6.45) is 1.55. The number of benzene rings is 4. The molecule has 2 amide bonds. The number of hydrogen-bond acceptors (Lipinski definition) is 5. The quantitative estimate of drug-likeness (QED) is 0.0726. The molecule has 0 unspecified atom stereocenters. The Hall–Kier alpha value is -5.38. The Balaban J connectivity index is 1.59. The molecule has 1 aliphatic heterocycles. The van der Waals surface area contributed by atoms with Gasteiger partial charge in [-0.3, -0.25) is 29.9 Å². The van der Waals surface area contributed by atoms with Crippen LogP contribution >= 0.6 is 23.8 Å². The average molecular weight is 605 g/mol. The van der Waals surface area contributed by atoms with E-state index in [1.807, 2.05) is 71.3 Å². The summed E-state index contributed by atoms with van der Waals surface area (Å²) >= 11 is 11.4. The summed E-state index contributed by atoms with van der Waals surface area (Å²) in [5.41, 5.74) is 4.69. The second-order valence-corrected chi connectivity index (χ2v) is 10.4. The van der Waals surface area contributed by atoms with Crippen molar-refractivity contribution in [1.29, 1.82) is 0 Å². The zero-order chi connectivity index (χ0) is 30.1. The Kier molecular flexibility index (Phi) is 7.41. The summed E-state index contributed by atoms with van der Waals surface area (Å²) in [4.78, 5) is 39.2. The third kappa shape index (κ3) is 5.34. The second-order valence-electron chi connectivity index (χ2n) is 9.61. The summed E-state index contributed by atoms with van der Waals surface area (Å²) in [5.74, 6) is -1.21. The summed E-state index contributed by atoms with van der Waals surface area (Å²) in [6.45, 7) is 0. The zero-order valence-corrected chi connectivity index (χ0v) is 23.9. The van der Waals surface area contributed by atoms with Crippen molar-refractivity contribution < 1.29 is 14.5 Å². The van der Waals surface area contributed by atoms with Crippen LogP contribution < -0.4 is 10.2 Å². The predicted molar refractivity (Wildman–Crippen MR) is 171 cm³/mol. The minimum atomic E-state index is -0.622. The third-order valence-corrected chi connectivity index (χ3v) is 7.49. The van der Waals surface area contributed by atoms with Crippen molar-refractivity contribution in [3.63, 3.8) is 0 Å². The van der Waals surface area contributed by atoms with Gasteiger partial charge in [-0.05, 0) is 71.9 Å². The van der Waals surface area contributed by atoms with Gasteiger partial charge in [0, 0.05) is 28.4 Å². The fraction of sp³-hybridized carbons (Fsp3) is 0. The molecule has 10 heteroatoms. The van der Waals surface area contributed by atoms with Gasteiger partial charge in [0.15, 0.2) is 5.11 Å². The van der Waals surface area contributed by atoms with E-state index in [-0.39, 0.29) is 16.4 Å². The van der Waals surface area contributed by atoms with Gasteiger partial charge in [0.1, 0.15) is 5.57 Å². The molecule has 2 heterocycles. The SMILES string of the molecule is O=C1NC(=S)N(c2ccc(Cl)cc2)C(=O)C1=Cc1cc(-c2ccccc2)n(-c2ccc([N+](=O)[O-])cc2)c1-c1ccccc1. The smallest absolute Gasteiger partial charge is 0.270 e. The molecule has 4 aromatic carbocycles. The largest absolute Gasteiger partial charge is 0.309 e. The Morgan fingerprint density at radius 3 is 1.98 bits per heavy atom. The van der Waals surface area contributed by atoms with E-state index in [1.165, 1.54) is 17.0 Å². The Morgan fingerprint density at radius 1 is 0.791 bits per heavy atom. The summed E-state index contributed by atoms with van der Waals surface area (Å²) in [7, 11) is 0. The van der Waals surface area contributed by atoms with Gasteiger partial charge in [-0.25, -0.2) is 0 Å². The van der Waals surface area contributed by atoms with Crippen LogP contribution in [0.2, 0.25) is 5.02 Å². The van der Waals surface area contributed by atoms with Crippen LogP contribution in [0.5, 0.6) is 0 Å². The van der Waals surface area contributed by atoms with Gasteiger partial charge in [-0.15, -0.1) is 0 Å². The van der Waals surface area contributed by atoms with Gasteiger partial charge < -0.3 is 4.57 Å². The zero-order valence-electron chi connectivity index (χ0n) is 22.3. The first-order chi connectivity index (χ1) is 20.8. The second kappa shape index (κ2) is 11.5. The maximum Gasteiger partial charge on any atom is 0.270 e. The highest BCUT2D eigenvalue weighted by Crippen LogP contribution is 2.38. The van der Waals surface area contributed by atoms with E-state index in [4.69, 9.17) is 23.8 Å².